The fourth-order valence-corrected chi connectivity index (χ4v) is 1.41. The Kier molecular flexibility index (Phi) is 3.96. The zero-order chi connectivity index (χ0) is 9.68. The summed E-state index contributed by atoms with van der Waals surface area (Å²) in [6.45, 7) is 2.20. The lowest BCUT2D eigenvalue weighted by Crippen LogP contribution is -2.09. The number of hydrogen-bond acceptors (Lipinski definition) is 2. The smallest absolute Gasteiger partial charge is 0.0537 e. The third-order valence-corrected chi connectivity index (χ3v) is 2.27. The molecule has 1 rings (SSSR count). The molecule has 0 aliphatic heterocycles. The predicted molar refractivity (Wildman–Crippen MR) is 54.3 cm³/mol. The molecule has 2 N–H and O–H groups in total. The van der Waals surface area contributed by atoms with Gasteiger partial charge in [-0.25, -0.2) is 0 Å². The topological polar surface area (TPSA) is 43.8 Å². The lowest BCUT2D eigenvalue weighted by atomic mass is 10.0. The molecule has 0 fully saturated rings. The highest BCUT2D eigenvalue weighted by molar-refractivity contribution is 5.08. The fourth-order valence-electron chi connectivity index (χ4n) is 1.41. The molecule has 0 aliphatic carbocycles. The van der Waals surface area contributed by atoms with Gasteiger partial charge in [-0.1, -0.05) is 26.2 Å². The highest BCUT2D eigenvalue weighted by Gasteiger charge is 2.06. The largest absolute Gasteiger partial charge is 0.324 e. The quantitative estimate of drug-likeness (QED) is 0.706. The standard InChI is InChI=1S/C10H19N3/c1-3-4-5-6-10(11)9-7-12-13(2)8-9/h7-8,10H,3-6,11H2,1-2H3. The number of hydrogen-bond donors (Lipinski definition) is 1. The molecule has 3 nitrogen and oxygen atoms in total. The van der Waals surface area contributed by atoms with Crippen molar-refractivity contribution in [3.63, 3.8) is 0 Å². The molecule has 1 unspecified atom stereocenters. The maximum Gasteiger partial charge on any atom is 0.0537 e. The van der Waals surface area contributed by atoms with E-state index in [-0.39, 0.29) is 6.04 Å². The Morgan fingerprint density at radius 2 is 2.31 bits per heavy atom. The van der Waals surface area contributed by atoms with E-state index in [4.69, 9.17) is 5.73 Å². The van der Waals surface area contributed by atoms with E-state index in [1.165, 1.54) is 19.3 Å². The molecule has 1 aromatic rings. The second kappa shape index (κ2) is 5.02. The summed E-state index contributed by atoms with van der Waals surface area (Å²) in [6.07, 6.45) is 8.66. The normalized spacial score (nSPS) is 13.2. The van der Waals surface area contributed by atoms with Crippen LogP contribution in [0.15, 0.2) is 12.4 Å². The number of aryl methyl sites for hydroxylation is 1. The SMILES string of the molecule is CCCCCC(N)c1cnn(C)c1. The van der Waals surface area contributed by atoms with E-state index >= 15 is 0 Å². The molecule has 0 radical (unpaired) electrons. The monoisotopic (exact) mass is 181 g/mol. The van der Waals surface area contributed by atoms with Gasteiger partial charge in [0.25, 0.3) is 0 Å². The Morgan fingerprint density at radius 3 is 2.85 bits per heavy atom. The molecular weight excluding hydrogens is 162 g/mol. The van der Waals surface area contributed by atoms with Gasteiger partial charge < -0.3 is 5.73 Å². The first-order valence-electron chi connectivity index (χ1n) is 4.98. The first kappa shape index (κ1) is 10.3. The number of nitrogens with zero attached hydrogens (tertiary/aromatic N) is 2. The molecule has 0 aliphatic rings. The van der Waals surface area contributed by atoms with Gasteiger partial charge in [0.05, 0.1) is 6.20 Å². The molecule has 1 heterocycles. The van der Waals surface area contributed by atoms with Gasteiger partial charge in [-0.05, 0) is 6.42 Å². The number of rotatable bonds is 5. The average Bonchev–Trinajstić information content (AvgIpc) is 2.52. The van der Waals surface area contributed by atoms with Crippen molar-refractivity contribution in [2.45, 2.75) is 38.6 Å². The molecule has 1 atom stereocenters. The molecule has 3 heteroatoms. The van der Waals surface area contributed by atoms with E-state index in [9.17, 15) is 0 Å². The van der Waals surface area contributed by atoms with Crippen molar-refractivity contribution in [1.29, 1.82) is 0 Å². The van der Waals surface area contributed by atoms with E-state index in [2.05, 4.69) is 12.0 Å². The fraction of sp³-hybridized carbons (Fsp3) is 0.700. The Hall–Kier alpha value is -0.830. The van der Waals surface area contributed by atoms with E-state index in [0.717, 1.165) is 12.0 Å². The van der Waals surface area contributed by atoms with Crippen LogP contribution in [0.5, 0.6) is 0 Å². The average molecular weight is 181 g/mol. The molecule has 13 heavy (non-hydrogen) atoms. The van der Waals surface area contributed by atoms with Crippen molar-refractivity contribution >= 4 is 0 Å². The van der Waals surface area contributed by atoms with E-state index in [1.54, 1.807) is 4.68 Å². The minimum atomic E-state index is 0.167. The van der Waals surface area contributed by atoms with E-state index in [1.807, 2.05) is 19.4 Å². The third kappa shape index (κ3) is 3.19. The molecule has 0 amide bonds. The second-order valence-electron chi connectivity index (χ2n) is 3.55. The zero-order valence-corrected chi connectivity index (χ0v) is 8.53. The van der Waals surface area contributed by atoms with Gasteiger partial charge in [-0.15, -0.1) is 0 Å². The first-order chi connectivity index (χ1) is 6.24. The van der Waals surface area contributed by atoms with Gasteiger partial charge in [0, 0.05) is 24.8 Å². The Bertz CT molecular complexity index is 242. The van der Waals surface area contributed by atoms with Crippen LogP contribution in [0.25, 0.3) is 0 Å². The van der Waals surface area contributed by atoms with Crippen molar-refractivity contribution in [1.82, 2.24) is 9.78 Å². The summed E-state index contributed by atoms with van der Waals surface area (Å²) in [5.41, 5.74) is 7.15. The highest BCUT2D eigenvalue weighted by atomic mass is 15.2. The van der Waals surface area contributed by atoms with Crippen LogP contribution in [0.4, 0.5) is 0 Å². The van der Waals surface area contributed by atoms with Crippen molar-refractivity contribution in [2.24, 2.45) is 12.8 Å². The summed E-state index contributed by atoms with van der Waals surface area (Å²) in [5, 5.41) is 4.10. The Balaban J connectivity index is 2.35. The summed E-state index contributed by atoms with van der Waals surface area (Å²) in [5.74, 6) is 0. The summed E-state index contributed by atoms with van der Waals surface area (Å²) in [7, 11) is 1.92. The van der Waals surface area contributed by atoms with E-state index in [0.29, 0.717) is 0 Å². The van der Waals surface area contributed by atoms with Gasteiger partial charge in [-0.2, -0.15) is 5.10 Å². The lowest BCUT2D eigenvalue weighted by molar-refractivity contribution is 0.581. The summed E-state index contributed by atoms with van der Waals surface area (Å²) in [6, 6.07) is 0.167. The minimum absolute atomic E-state index is 0.167. The second-order valence-corrected chi connectivity index (χ2v) is 3.55. The van der Waals surface area contributed by atoms with Gasteiger partial charge in [0.1, 0.15) is 0 Å². The maximum absolute atomic E-state index is 6.00. The van der Waals surface area contributed by atoms with Crippen LogP contribution < -0.4 is 5.73 Å². The van der Waals surface area contributed by atoms with Gasteiger partial charge in [0.15, 0.2) is 0 Å². The van der Waals surface area contributed by atoms with Crippen LogP contribution in [-0.2, 0) is 7.05 Å². The van der Waals surface area contributed by atoms with Crippen LogP contribution in [0.1, 0.15) is 44.2 Å². The molecule has 0 saturated carbocycles. The molecule has 1 aromatic heterocycles. The molecule has 0 aromatic carbocycles. The maximum atomic E-state index is 6.00. The van der Waals surface area contributed by atoms with Crippen LogP contribution in [0.3, 0.4) is 0 Å². The summed E-state index contributed by atoms with van der Waals surface area (Å²) in [4.78, 5) is 0. The highest BCUT2D eigenvalue weighted by Crippen LogP contribution is 2.15. The van der Waals surface area contributed by atoms with Gasteiger partial charge >= 0.3 is 0 Å². The van der Waals surface area contributed by atoms with Crippen molar-refractivity contribution in [2.75, 3.05) is 0 Å². The third-order valence-electron chi connectivity index (χ3n) is 2.27. The molecule has 74 valence electrons. The number of aromatic nitrogens is 2. The summed E-state index contributed by atoms with van der Waals surface area (Å²) >= 11 is 0. The van der Waals surface area contributed by atoms with Crippen LogP contribution in [0, 0.1) is 0 Å². The predicted octanol–water partition coefficient (Wildman–Crippen LogP) is 2.00. The van der Waals surface area contributed by atoms with Gasteiger partial charge in [0.2, 0.25) is 0 Å². The molecule has 0 bridgehead atoms. The molecular formula is C10H19N3. The van der Waals surface area contributed by atoms with Crippen molar-refractivity contribution in [3.8, 4) is 0 Å². The first-order valence-corrected chi connectivity index (χ1v) is 4.98. The number of nitrogens with two attached hydrogens (primary N) is 1. The molecule has 0 spiro atoms. The van der Waals surface area contributed by atoms with Crippen LogP contribution >= 0.6 is 0 Å². The molecule has 0 saturated heterocycles. The number of unbranched alkanes of at least 4 members (excludes halogenated alkanes) is 2. The van der Waals surface area contributed by atoms with Gasteiger partial charge in [-0.3, -0.25) is 4.68 Å². The van der Waals surface area contributed by atoms with Crippen LogP contribution in [0.2, 0.25) is 0 Å². The minimum Gasteiger partial charge on any atom is -0.324 e. The summed E-state index contributed by atoms with van der Waals surface area (Å²) < 4.78 is 1.80. The Labute approximate surface area is 79.9 Å². The van der Waals surface area contributed by atoms with E-state index < -0.39 is 0 Å². The van der Waals surface area contributed by atoms with Crippen molar-refractivity contribution < 1.29 is 0 Å². The van der Waals surface area contributed by atoms with Crippen molar-refractivity contribution in [3.05, 3.63) is 18.0 Å². The van der Waals surface area contributed by atoms with Crippen LogP contribution in [-0.4, -0.2) is 9.78 Å². The lowest BCUT2D eigenvalue weighted by Gasteiger charge is -2.07. The zero-order valence-electron chi connectivity index (χ0n) is 8.53. The Morgan fingerprint density at radius 1 is 1.54 bits per heavy atom.